The van der Waals surface area contributed by atoms with Crippen LogP contribution < -0.4 is 15.0 Å². The van der Waals surface area contributed by atoms with Gasteiger partial charge < -0.3 is 14.6 Å². The molecule has 0 aliphatic carbocycles. The molecule has 1 aliphatic rings. The number of amides is 4. The molecule has 12 nitrogen and oxygen atoms in total. The molecule has 6 rings (SSSR count). The molecule has 1 unspecified atom stereocenters. The molecule has 14 heteroatoms. The summed E-state index contributed by atoms with van der Waals surface area (Å²) in [5, 5.41) is 10.8. The summed E-state index contributed by atoms with van der Waals surface area (Å²) in [6.45, 7) is 3.32. The number of pyridine rings is 1. The number of aryl methyl sites for hydroxylation is 1. The third-order valence-corrected chi connectivity index (χ3v) is 6.79. The minimum absolute atomic E-state index is 0.0286. The van der Waals surface area contributed by atoms with E-state index >= 15 is 4.39 Å². The predicted molar refractivity (Wildman–Crippen MR) is 153 cm³/mol. The van der Waals surface area contributed by atoms with Gasteiger partial charge in [-0.05, 0) is 62.4 Å². The van der Waals surface area contributed by atoms with Crippen molar-refractivity contribution in [3.63, 3.8) is 0 Å². The minimum atomic E-state index is -1.66. The van der Waals surface area contributed by atoms with Crippen molar-refractivity contribution in [1.82, 2.24) is 19.2 Å². The van der Waals surface area contributed by atoms with Gasteiger partial charge in [0.25, 0.3) is 11.9 Å². The van der Waals surface area contributed by atoms with Crippen molar-refractivity contribution in [3.05, 3.63) is 91.1 Å². The monoisotopic (exact) mass is 599 g/mol. The van der Waals surface area contributed by atoms with Crippen molar-refractivity contribution in [2.24, 2.45) is 12.2 Å². The van der Waals surface area contributed by atoms with Gasteiger partial charge in [0.05, 0.1) is 18.2 Å². The quantitative estimate of drug-likeness (QED) is 0.204. The van der Waals surface area contributed by atoms with E-state index in [0.29, 0.717) is 22.5 Å². The number of fused-ring (bicyclic) bond motifs is 1. The Labute approximate surface area is 248 Å². The highest BCUT2D eigenvalue weighted by molar-refractivity contribution is 6.23. The van der Waals surface area contributed by atoms with Gasteiger partial charge in [0.2, 0.25) is 0 Å². The van der Waals surface area contributed by atoms with Crippen molar-refractivity contribution in [3.8, 4) is 22.8 Å². The molecule has 0 saturated heterocycles. The molecule has 4 amide bonds. The van der Waals surface area contributed by atoms with E-state index in [1.165, 1.54) is 24.3 Å². The molecule has 0 spiro atoms. The molecule has 0 radical (unpaired) electrons. The Morgan fingerprint density at radius 3 is 2.48 bits per heavy atom. The minimum Gasteiger partial charge on any atom is -0.452 e. The topological polar surface area (TPSA) is 126 Å². The number of nitrogens with zero attached hydrogens (tertiary/aromatic N) is 7. The molecule has 222 valence electrons. The van der Waals surface area contributed by atoms with Crippen LogP contribution in [0.4, 0.5) is 25.0 Å². The van der Waals surface area contributed by atoms with Crippen molar-refractivity contribution in [2.75, 3.05) is 10.2 Å². The summed E-state index contributed by atoms with van der Waals surface area (Å²) in [7, 11) is 1.84. The zero-order valence-corrected chi connectivity index (χ0v) is 23.7. The van der Waals surface area contributed by atoms with Gasteiger partial charge >= 0.3 is 11.9 Å². The van der Waals surface area contributed by atoms with Crippen LogP contribution in [0.2, 0.25) is 0 Å². The second kappa shape index (κ2) is 11.1. The fourth-order valence-electron chi connectivity index (χ4n) is 4.66. The van der Waals surface area contributed by atoms with Crippen LogP contribution in [-0.2, 0) is 16.6 Å². The fraction of sp³-hybridized carbons (Fsp3) is 0.167. The number of nitrogens with one attached hydrogen (secondary N) is 1. The number of imidazole rings is 1. The average molecular weight is 600 g/mol. The predicted octanol–water partition coefficient (Wildman–Crippen LogP) is 5.15. The molecular formula is C30H25F2N8O4+. The Bertz CT molecular complexity index is 1970. The summed E-state index contributed by atoms with van der Waals surface area (Å²) in [4.78, 5) is 44.7. The molecule has 5 aromatic rings. The molecule has 44 heavy (non-hydrogen) atoms. The average Bonchev–Trinajstić information content (AvgIpc) is 3.64. The lowest BCUT2D eigenvalue weighted by molar-refractivity contribution is -0.533. The normalized spacial score (nSPS) is 15.2. The Kier molecular flexibility index (Phi) is 7.17. The number of ether oxygens (including phenoxy) is 1. The molecule has 0 bridgehead atoms. The molecule has 4 heterocycles. The molecule has 1 N–H and O–H groups in total. The van der Waals surface area contributed by atoms with E-state index in [0.717, 1.165) is 27.8 Å². The van der Waals surface area contributed by atoms with E-state index in [2.05, 4.69) is 20.5 Å². The number of halogens is 2. The van der Waals surface area contributed by atoms with Crippen molar-refractivity contribution in [1.29, 1.82) is 0 Å². The summed E-state index contributed by atoms with van der Waals surface area (Å²) in [6, 6.07) is 8.96. The van der Waals surface area contributed by atoms with E-state index in [-0.39, 0.29) is 17.1 Å². The second-order valence-corrected chi connectivity index (χ2v) is 10.3. The van der Waals surface area contributed by atoms with Gasteiger partial charge in [0, 0.05) is 36.8 Å². The number of rotatable bonds is 7. The van der Waals surface area contributed by atoms with Gasteiger partial charge in [-0.2, -0.15) is 9.89 Å². The van der Waals surface area contributed by atoms with Crippen LogP contribution in [0, 0.1) is 11.6 Å². The second-order valence-electron chi connectivity index (χ2n) is 10.3. The first kappa shape index (κ1) is 28.3. The largest absolute Gasteiger partial charge is 0.526 e. The molecule has 3 aromatic heterocycles. The van der Waals surface area contributed by atoms with E-state index in [1.54, 1.807) is 53.8 Å². The van der Waals surface area contributed by atoms with Gasteiger partial charge in [0.1, 0.15) is 23.1 Å². The maximum atomic E-state index is 15.3. The third kappa shape index (κ3) is 5.28. The Hall–Kier alpha value is -5.79. The Morgan fingerprint density at radius 1 is 1.02 bits per heavy atom. The van der Waals surface area contributed by atoms with Crippen LogP contribution in [0.3, 0.4) is 0 Å². The van der Waals surface area contributed by atoms with Gasteiger partial charge in [-0.15, -0.1) is 4.90 Å². The van der Waals surface area contributed by atoms with Crippen LogP contribution in [0.5, 0.6) is 11.5 Å². The summed E-state index contributed by atoms with van der Waals surface area (Å²) < 4.78 is 39.1. The van der Waals surface area contributed by atoms with Crippen molar-refractivity contribution in [2.45, 2.75) is 25.9 Å². The highest BCUT2D eigenvalue weighted by Gasteiger charge is 2.50. The number of aromatic nitrogens is 4. The van der Waals surface area contributed by atoms with E-state index in [1.807, 2.05) is 13.2 Å². The SMILES string of the molecule is CC(C)[N+]1=NC(C(=O)Nc2ccc(Oc3cc(-c4cn(C)cn4)cn4nccc34)c(F)c2)C(=O)N(c2ccc(F)cc2)C1=O. The molecule has 1 atom stereocenters. The van der Waals surface area contributed by atoms with Gasteiger partial charge in [-0.1, -0.05) is 9.81 Å². The van der Waals surface area contributed by atoms with E-state index in [4.69, 9.17) is 4.74 Å². The summed E-state index contributed by atoms with van der Waals surface area (Å²) in [6.07, 6.45) is 6.85. The lowest BCUT2D eigenvalue weighted by Crippen LogP contribution is -2.55. The molecule has 0 fully saturated rings. The molecule has 0 saturated carbocycles. The standard InChI is InChI=1S/C30H24F2N8O4/c1-17(2)40-30(43)39(21-7-4-19(31)5-8-21)29(42)27(36-40)28(41)35-20-6-9-25(22(32)13-20)44-26-12-18(23-15-37(3)16-33-23)14-38-24(26)10-11-34-38/h4-17,27H,1-3H3/p+1. The number of carbonyl (C=O) groups excluding carboxylic acids is 3. The summed E-state index contributed by atoms with van der Waals surface area (Å²) in [5.74, 6) is -2.97. The number of imide groups is 1. The van der Waals surface area contributed by atoms with E-state index in [9.17, 15) is 18.8 Å². The lowest BCUT2D eigenvalue weighted by atomic mass is 10.2. The highest BCUT2D eigenvalue weighted by Crippen LogP contribution is 2.33. The molecule has 1 aliphatic heterocycles. The molecule has 2 aromatic carbocycles. The first-order chi connectivity index (χ1) is 21.1. The number of hydrogen-bond acceptors (Lipinski definition) is 7. The zero-order valence-electron chi connectivity index (χ0n) is 23.7. The zero-order chi connectivity index (χ0) is 31.1. The van der Waals surface area contributed by atoms with Gasteiger partial charge in [0.15, 0.2) is 17.3 Å². The van der Waals surface area contributed by atoms with E-state index < -0.39 is 41.6 Å². The van der Waals surface area contributed by atoms with Crippen LogP contribution in [0.25, 0.3) is 16.8 Å². The Morgan fingerprint density at radius 2 is 1.80 bits per heavy atom. The van der Waals surface area contributed by atoms with Crippen molar-refractivity contribution >= 4 is 34.7 Å². The number of azo groups is 2. The summed E-state index contributed by atoms with van der Waals surface area (Å²) in [5.41, 5.74) is 2.07. The third-order valence-electron chi connectivity index (χ3n) is 6.79. The van der Waals surface area contributed by atoms with Crippen LogP contribution >= 0.6 is 0 Å². The number of hydrogen-bond donors (Lipinski definition) is 1. The van der Waals surface area contributed by atoms with Crippen LogP contribution in [0.15, 0.2) is 84.6 Å². The first-order valence-corrected chi connectivity index (χ1v) is 13.5. The maximum absolute atomic E-state index is 15.3. The van der Waals surface area contributed by atoms with Crippen molar-refractivity contribution < 1.29 is 32.6 Å². The number of urea groups is 1. The fourth-order valence-corrected chi connectivity index (χ4v) is 4.66. The number of benzene rings is 2. The van der Waals surface area contributed by atoms with Gasteiger partial charge in [-0.25, -0.2) is 23.1 Å². The van der Waals surface area contributed by atoms with Crippen LogP contribution in [-0.4, -0.2) is 53.8 Å². The number of carbonyl (C=O) groups is 3. The smallest absolute Gasteiger partial charge is 0.452 e. The Balaban J connectivity index is 1.25. The maximum Gasteiger partial charge on any atom is 0.526 e. The summed E-state index contributed by atoms with van der Waals surface area (Å²) >= 11 is 0. The highest BCUT2D eigenvalue weighted by atomic mass is 19.1. The first-order valence-electron chi connectivity index (χ1n) is 13.5. The van der Waals surface area contributed by atoms with Crippen LogP contribution in [0.1, 0.15) is 13.8 Å². The number of anilines is 2. The lowest BCUT2D eigenvalue weighted by Gasteiger charge is -2.23. The molecular weight excluding hydrogens is 574 g/mol. The van der Waals surface area contributed by atoms with Gasteiger partial charge in [-0.3, -0.25) is 4.79 Å².